The lowest BCUT2D eigenvalue weighted by Gasteiger charge is -2.35. The lowest BCUT2D eigenvalue weighted by Crippen LogP contribution is -2.48. The van der Waals surface area contributed by atoms with E-state index in [0.717, 1.165) is 23.3 Å². The second-order valence-corrected chi connectivity index (χ2v) is 13.3. The van der Waals surface area contributed by atoms with Gasteiger partial charge in [-0.05, 0) is 65.8 Å². The molecule has 3 heterocycles. The minimum atomic E-state index is -2.26. The number of aromatic amines is 2. The number of hydrogen-bond acceptors (Lipinski definition) is 9. The first-order valence-corrected chi connectivity index (χ1v) is 17.1. The number of nitrogens with zero attached hydrogens (tertiary/aromatic N) is 4. The van der Waals surface area contributed by atoms with Gasteiger partial charge in [0, 0.05) is 61.7 Å². The predicted molar refractivity (Wildman–Crippen MR) is 195 cm³/mol. The molecular weight excluding hydrogens is 688 g/mol. The molecule has 0 saturated carbocycles. The molecule has 1 saturated heterocycles. The number of halogens is 2. The summed E-state index contributed by atoms with van der Waals surface area (Å²) in [5.74, 6) is 3.56. The molecule has 1 aliphatic rings. The number of nitrogens with one attached hydrogen (secondary N) is 3. The van der Waals surface area contributed by atoms with Crippen LogP contribution in [0.1, 0.15) is 64.2 Å². The number of H-pyrrole nitrogens is 2. The Morgan fingerprint density at radius 3 is 2.34 bits per heavy atom. The fraction of sp³-hybridized carbons (Fsp3) is 0.297. The Hall–Kier alpha value is -6.00. The van der Waals surface area contributed by atoms with Gasteiger partial charge in [-0.1, -0.05) is 32.0 Å². The number of benzene rings is 3. The Labute approximate surface area is 303 Å². The third kappa shape index (κ3) is 7.78. The summed E-state index contributed by atoms with van der Waals surface area (Å²) in [5, 5.41) is 21.1. The highest BCUT2D eigenvalue weighted by molar-refractivity contribution is 5.94. The molecule has 0 spiro atoms. The summed E-state index contributed by atoms with van der Waals surface area (Å²) in [4.78, 5) is 52.3. The van der Waals surface area contributed by atoms with E-state index in [1.54, 1.807) is 37.1 Å². The first kappa shape index (κ1) is 36.8. The van der Waals surface area contributed by atoms with Crippen molar-refractivity contribution in [1.82, 2.24) is 30.2 Å². The van der Waals surface area contributed by atoms with Gasteiger partial charge in [0.15, 0.2) is 0 Å². The highest BCUT2D eigenvalue weighted by atomic mass is 19.1. The first-order valence-electron chi connectivity index (χ1n) is 17.1. The maximum Gasteiger partial charge on any atom is 0.338 e. The van der Waals surface area contributed by atoms with Crippen LogP contribution in [-0.2, 0) is 19.4 Å². The van der Waals surface area contributed by atoms with Gasteiger partial charge in [0.1, 0.15) is 23.0 Å². The molecule has 0 radical (unpaired) electrons. The molecule has 278 valence electrons. The Balaban J connectivity index is 1.05. The standard InChI is InChI=1S/C37H41F2N9O5/c1-20(2)26-16-27(30(50)17-29(26)49)32(39)48(37(53)45-41)25-10-9-24(28(38)15-25)19-46-11-13-47(14-12-46)35(52)22-6-3-21(4-7-22)5-8-23-18-42-33-31(23)34(51)44-36(40)43-33/h3-4,6-7,9-10,15-18,20,32,49-50H,5,8,11-14,19,41H2,1-2H3,(H,45,53)(H4,40,42,43,44,51). The summed E-state index contributed by atoms with van der Waals surface area (Å²) in [6.07, 6.45) is 0.726. The maximum atomic E-state index is 16.0. The Morgan fingerprint density at radius 2 is 1.68 bits per heavy atom. The number of nitrogen functional groups attached to an aromatic ring is 1. The van der Waals surface area contributed by atoms with Crippen molar-refractivity contribution >= 4 is 34.6 Å². The van der Waals surface area contributed by atoms with Gasteiger partial charge in [-0.15, -0.1) is 0 Å². The van der Waals surface area contributed by atoms with Crippen molar-refractivity contribution in [2.45, 2.75) is 45.4 Å². The van der Waals surface area contributed by atoms with Crippen molar-refractivity contribution in [3.63, 3.8) is 0 Å². The summed E-state index contributed by atoms with van der Waals surface area (Å²) in [6.45, 7) is 5.59. The van der Waals surface area contributed by atoms with Gasteiger partial charge in [-0.3, -0.25) is 29.8 Å². The van der Waals surface area contributed by atoms with Gasteiger partial charge in [-0.2, -0.15) is 4.98 Å². The molecule has 14 nitrogen and oxygen atoms in total. The maximum absolute atomic E-state index is 16.0. The fourth-order valence-electron chi connectivity index (χ4n) is 6.58. The van der Waals surface area contributed by atoms with Crippen molar-refractivity contribution in [2.75, 3.05) is 36.8 Å². The number of piperazine rings is 1. The number of aryl methyl sites for hydroxylation is 2. The van der Waals surface area contributed by atoms with E-state index in [2.05, 4.69) is 15.0 Å². The molecule has 16 heteroatoms. The number of carbonyl (C=O) groups is 2. The monoisotopic (exact) mass is 729 g/mol. The van der Waals surface area contributed by atoms with Crippen LogP contribution in [-0.4, -0.2) is 73.1 Å². The molecule has 5 aromatic rings. The molecule has 0 bridgehead atoms. The van der Waals surface area contributed by atoms with Crippen LogP contribution in [0.15, 0.2) is 65.6 Å². The number of urea groups is 1. The second-order valence-electron chi connectivity index (χ2n) is 13.3. The van der Waals surface area contributed by atoms with Crippen molar-refractivity contribution in [3.05, 3.63) is 110 Å². The number of fused-ring (bicyclic) bond motifs is 1. The van der Waals surface area contributed by atoms with Crippen LogP contribution in [0.5, 0.6) is 11.5 Å². The number of carbonyl (C=O) groups excluding carboxylic acids is 2. The number of amides is 3. The van der Waals surface area contributed by atoms with Crippen LogP contribution in [0.4, 0.5) is 25.2 Å². The topological polar surface area (TPSA) is 210 Å². The van der Waals surface area contributed by atoms with Gasteiger partial charge < -0.3 is 25.8 Å². The Kier molecular flexibility index (Phi) is 10.6. The summed E-state index contributed by atoms with van der Waals surface area (Å²) >= 11 is 0. The number of hydrazine groups is 1. The number of nitrogens with two attached hydrogens (primary N) is 2. The molecule has 1 aliphatic heterocycles. The zero-order valence-electron chi connectivity index (χ0n) is 29.2. The van der Waals surface area contributed by atoms with Gasteiger partial charge in [0.2, 0.25) is 12.2 Å². The Morgan fingerprint density at radius 1 is 0.981 bits per heavy atom. The molecule has 1 atom stereocenters. The van der Waals surface area contributed by atoms with Crippen LogP contribution in [0.2, 0.25) is 0 Å². The molecule has 3 aromatic carbocycles. The SMILES string of the molecule is CC(C)c1cc(C(F)N(C(=O)NN)c2ccc(CN3CCN(C(=O)c4ccc(CCc5c[nH]c6nc(N)[nH]c(=O)c56)cc4)CC3)c(F)c2)c(O)cc1O. The van der Waals surface area contributed by atoms with Crippen LogP contribution >= 0.6 is 0 Å². The minimum Gasteiger partial charge on any atom is -0.508 e. The van der Waals surface area contributed by atoms with E-state index in [1.165, 1.54) is 18.2 Å². The van der Waals surface area contributed by atoms with E-state index in [9.17, 15) is 24.6 Å². The summed E-state index contributed by atoms with van der Waals surface area (Å²) in [5.41, 5.74) is 10.2. The van der Waals surface area contributed by atoms with Crippen molar-refractivity contribution in [2.24, 2.45) is 5.84 Å². The zero-order chi connectivity index (χ0) is 38.0. The lowest BCUT2D eigenvalue weighted by atomic mass is 9.98. The highest BCUT2D eigenvalue weighted by Gasteiger charge is 2.31. The van der Waals surface area contributed by atoms with Crippen LogP contribution in [0, 0.1) is 5.82 Å². The number of hydrogen-bond donors (Lipinski definition) is 7. The molecule has 9 N–H and O–H groups in total. The molecule has 53 heavy (non-hydrogen) atoms. The van der Waals surface area contributed by atoms with E-state index in [4.69, 9.17) is 11.6 Å². The van der Waals surface area contributed by atoms with Crippen molar-refractivity contribution in [1.29, 1.82) is 0 Å². The quantitative estimate of drug-likeness (QED) is 0.0472. The van der Waals surface area contributed by atoms with Gasteiger partial charge in [-0.25, -0.2) is 19.4 Å². The van der Waals surface area contributed by atoms with Crippen molar-refractivity contribution < 1.29 is 28.6 Å². The molecule has 1 fully saturated rings. The number of phenolic OH excluding ortho intramolecular Hbond substituents is 2. The van der Waals surface area contributed by atoms with Crippen molar-refractivity contribution in [3.8, 4) is 11.5 Å². The van der Waals surface area contributed by atoms with E-state index >= 15 is 8.78 Å². The second kappa shape index (κ2) is 15.3. The summed E-state index contributed by atoms with van der Waals surface area (Å²) in [7, 11) is 0. The number of phenols is 2. The molecule has 2 aromatic heterocycles. The van der Waals surface area contributed by atoms with Gasteiger partial charge in [0.05, 0.1) is 11.1 Å². The zero-order valence-corrected chi connectivity index (χ0v) is 29.2. The lowest BCUT2D eigenvalue weighted by molar-refractivity contribution is 0.0627. The van der Waals surface area contributed by atoms with E-state index in [-0.39, 0.29) is 46.9 Å². The molecular formula is C37H41F2N9O5. The first-order chi connectivity index (χ1) is 25.3. The van der Waals surface area contributed by atoms with Gasteiger partial charge in [0.25, 0.3) is 11.5 Å². The summed E-state index contributed by atoms with van der Waals surface area (Å²) in [6, 6.07) is 12.4. The minimum absolute atomic E-state index is 0.0477. The molecule has 0 aliphatic carbocycles. The van der Waals surface area contributed by atoms with Gasteiger partial charge >= 0.3 is 6.03 Å². The van der Waals surface area contributed by atoms with Crippen LogP contribution < -0.4 is 27.5 Å². The summed E-state index contributed by atoms with van der Waals surface area (Å²) < 4.78 is 31.4. The molecule has 3 amide bonds. The van der Waals surface area contributed by atoms with Crippen LogP contribution in [0.25, 0.3) is 11.0 Å². The number of aromatic hydroxyl groups is 2. The average molecular weight is 730 g/mol. The predicted octanol–water partition coefficient (Wildman–Crippen LogP) is 4.31. The molecule has 1 unspecified atom stereocenters. The van der Waals surface area contributed by atoms with E-state index in [1.807, 2.05) is 22.5 Å². The number of rotatable bonds is 10. The number of anilines is 2. The smallest absolute Gasteiger partial charge is 0.338 e. The highest BCUT2D eigenvalue weighted by Crippen LogP contribution is 2.39. The average Bonchev–Trinajstić information content (AvgIpc) is 3.54. The van der Waals surface area contributed by atoms with E-state index < -0.39 is 23.9 Å². The molecule has 6 rings (SSSR count). The largest absolute Gasteiger partial charge is 0.508 e. The number of aromatic nitrogens is 3. The Bertz CT molecular complexity index is 2200. The van der Waals surface area contributed by atoms with Crippen LogP contribution in [0.3, 0.4) is 0 Å². The van der Waals surface area contributed by atoms with E-state index in [0.29, 0.717) is 71.6 Å². The third-order valence-corrected chi connectivity index (χ3v) is 9.52. The normalized spacial score (nSPS) is 14.1. The number of alkyl halides is 1. The third-order valence-electron chi connectivity index (χ3n) is 9.52. The fourth-order valence-corrected chi connectivity index (χ4v) is 6.58.